The number of anilines is 1. The minimum atomic E-state index is 0.245. The van der Waals surface area contributed by atoms with Crippen molar-refractivity contribution < 1.29 is 4.74 Å². The number of nitrogens with zero attached hydrogens (tertiary/aromatic N) is 1. The molecule has 0 saturated carbocycles. The molecule has 3 heteroatoms. The van der Waals surface area contributed by atoms with Gasteiger partial charge in [-0.3, -0.25) is 0 Å². The van der Waals surface area contributed by atoms with Gasteiger partial charge in [0.1, 0.15) is 0 Å². The first-order valence-corrected chi connectivity index (χ1v) is 8.07. The molecule has 1 aliphatic rings. The lowest BCUT2D eigenvalue weighted by Gasteiger charge is -2.34. The van der Waals surface area contributed by atoms with Crippen LogP contribution in [0.5, 0.6) is 0 Å². The van der Waals surface area contributed by atoms with Crippen LogP contribution in [0.3, 0.4) is 0 Å². The molecule has 0 aromatic heterocycles. The largest absolute Gasteiger partial charge is 0.381 e. The fourth-order valence-electron chi connectivity index (χ4n) is 2.99. The van der Waals surface area contributed by atoms with Crippen LogP contribution in [0, 0.1) is 18.3 Å². The molecule has 1 saturated heterocycles. The molecule has 0 bridgehead atoms. The van der Waals surface area contributed by atoms with Crippen molar-refractivity contribution in [3.8, 4) is 0 Å². The van der Waals surface area contributed by atoms with Crippen molar-refractivity contribution in [2.45, 2.75) is 27.2 Å². The Morgan fingerprint density at radius 2 is 2.00 bits per heavy atom. The molecule has 1 fully saturated rings. The minimum absolute atomic E-state index is 0.245. The van der Waals surface area contributed by atoms with Gasteiger partial charge >= 0.3 is 0 Å². The van der Waals surface area contributed by atoms with E-state index in [1.165, 1.54) is 11.3 Å². The maximum Gasteiger partial charge on any atom is 0.0552 e. The van der Waals surface area contributed by atoms with Gasteiger partial charge in [-0.1, -0.05) is 31.5 Å². The van der Waals surface area contributed by atoms with Gasteiger partial charge in [0.2, 0.25) is 0 Å². The minimum Gasteiger partial charge on any atom is -0.381 e. The van der Waals surface area contributed by atoms with Gasteiger partial charge < -0.3 is 15.0 Å². The summed E-state index contributed by atoms with van der Waals surface area (Å²) >= 11 is 0. The summed E-state index contributed by atoms with van der Waals surface area (Å²) in [5, 5.41) is 3.63. The second kappa shape index (κ2) is 7.28. The highest BCUT2D eigenvalue weighted by Gasteiger charge is 2.35. The molecule has 21 heavy (non-hydrogen) atoms. The normalized spacial score (nSPS) is 22.0. The number of benzene rings is 1. The van der Waals surface area contributed by atoms with E-state index in [4.69, 9.17) is 4.74 Å². The zero-order valence-corrected chi connectivity index (χ0v) is 14.0. The van der Waals surface area contributed by atoms with E-state index in [0.717, 1.165) is 39.3 Å². The van der Waals surface area contributed by atoms with Crippen LogP contribution >= 0.6 is 0 Å². The first kappa shape index (κ1) is 16.3. The summed E-state index contributed by atoms with van der Waals surface area (Å²) in [7, 11) is 2.19. The Kier molecular flexibility index (Phi) is 5.65. The predicted molar refractivity (Wildman–Crippen MR) is 90.0 cm³/mol. The molecule has 1 aromatic carbocycles. The standard InChI is InChI=1S/C18H30N2O/c1-15(2)11-19-12-18(9-10-21-14-18)13-20(4)17-7-5-16(3)6-8-17/h5-8,15,19H,9-14H2,1-4H3. The molecule has 3 nitrogen and oxygen atoms in total. The Bertz CT molecular complexity index is 421. The van der Waals surface area contributed by atoms with Crippen LogP contribution in [0.25, 0.3) is 0 Å². The summed E-state index contributed by atoms with van der Waals surface area (Å²) in [6, 6.07) is 8.78. The SMILES string of the molecule is Cc1ccc(N(C)CC2(CNCC(C)C)CCOC2)cc1. The average Bonchev–Trinajstić information content (AvgIpc) is 2.87. The third kappa shape index (κ3) is 4.72. The molecule has 1 aromatic rings. The Labute approximate surface area is 129 Å². The highest BCUT2D eigenvalue weighted by Crippen LogP contribution is 2.30. The molecule has 2 rings (SSSR count). The Hall–Kier alpha value is -1.06. The Morgan fingerprint density at radius 3 is 2.57 bits per heavy atom. The molecule has 1 aliphatic heterocycles. The van der Waals surface area contributed by atoms with Crippen LogP contribution in [0.4, 0.5) is 5.69 Å². The van der Waals surface area contributed by atoms with Crippen molar-refractivity contribution in [1.82, 2.24) is 5.32 Å². The molecule has 0 amide bonds. The summed E-state index contributed by atoms with van der Waals surface area (Å²) < 4.78 is 5.71. The average molecular weight is 290 g/mol. The van der Waals surface area contributed by atoms with Crippen LogP contribution in [0.15, 0.2) is 24.3 Å². The van der Waals surface area contributed by atoms with Crippen molar-refractivity contribution in [3.63, 3.8) is 0 Å². The van der Waals surface area contributed by atoms with E-state index in [2.05, 4.69) is 62.3 Å². The second-order valence-corrected chi connectivity index (χ2v) is 7.02. The summed E-state index contributed by atoms with van der Waals surface area (Å²) in [4.78, 5) is 2.37. The lowest BCUT2D eigenvalue weighted by atomic mass is 9.86. The van der Waals surface area contributed by atoms with Gasteiger partial charge in [0.05, 0.1) is 6.61 Å². The van der Waals surface area contributed by atoms with Crippen LogP contribution in [0.1, 0.15) is 25.8 Å². The van der Waals surface area contributed by atoms with E-state index in [0.29, 0.717) is 5.92 Å². The maximum atomic E-state index is 5.71. The van der Waals surface area contributed by atoms with E-state index in [1.54, 1.807) is 0 Å². The first-order chi connectivity index (χ1) is 10.0. The molecular formula is C18H30N2O. The first-order valence-electron chi connectivity index (χ1n) is 8.07. The maximum absolute atomic E-state index is 5.71. The van der Waals surface area contributed by atoms with Crippen LogP contribution in [-0.4, -0.2) is 39.9 Å². The number of hydrogen-bond acceptors (Lipinski definition) is 3. The van der Waals surface area contributed by atoms with Crippen molar-refractivity contribution in [3.05, 3.63) is 29.8 Å². The second-order valence-electron chi connectivity index (χ2n) is 7.02. The Balaban J connectivity index is 1.96. The van der Waals surface area contributed by atoms with E-state index in [9.17, 15) is 0 Å². The number of nitrogens with one attached hydrogen (secondary N) is 1. The lowest BCUT2D eigenvalue weighted by molar-refractivity contribution is 0.152. The predicted octanol–water partition coefficient (Wildman–Crippen LogP) is 3.08. The molecule has 118 valence electrons. The topological polar surface area (TPSA) is 24.5 Å². The highest BCUT2D eigenvalue weighted by atomic mass is 16.5. The molecule has 0 spiro atoms. The van der Waals surface area contributed by atoms with Crippen molar-refractivity contribution in [2.24, 2.45) is 11.3 Å². The molecule has 1 unspecified atom stereocenters. The molecular weight excluding hydrogens is 260 g/mol. The zero-order chi connectivity index (χ0) is 15.3. The third-order valence-electron chi connectivity index (χ3n) is 4.28. The molecule has 1 N–H and O–H groups in total. The summed E-state index contributed by atoms with van der Waals surface area (Å²) in [6.07, 6.45) is 1.15. The lowest BCUT2D eigenvalue weighted by Crippen LogP contribution is -2.44. The third-order valence-corrected chi connectivity index (χ3v) is 4.28. The monoisotopic (exact) mass is 290 g/mol. The van der Waals surface area contributed by atoms with Gasteiger partial charge in [-0.05, 0) is 37.9 Å². The number of ether oxygens (including phenoxy) is 1. The summed E-state index contributed by atoms with van der Waals surface area (Å²) in [6.45, 7) is 11.6. The van der Waals surface area contributed by atoms with Crippen LogP contribution in [-0.2, 0) is 4.74 Å². The van der Waals surface area contributed by atoms with E-state index in [1.807, 2.05) is 0 Å². The number of hydrogen-bond donors (Lipinski definition) is 1. The quantitative estimate of drug-likeness (QED) is 0.835. The molecule has 0 aliphatic carbocycles. The van der Waals surface area contributed by atoms with Crippen molar-refractivity contribution >= 4 is 5.69 Å². The van der Waals surface area contributed by atoms with Gasteiger partial charge in [-0.2, -0.15) is 0 Å². The summed E-state index contributed by atoms with van der Waals surface area (Å²) in [5.74, 6) is 0.694. The number of aryl methyl sites for hydroxylation is 1. The van der Waals surface area contributed by atoms with Crippen molar-refractivity contribution in [2.75, 3.05) is 44.8 Å². The molecule has 0 radical (unpaired) electrons. The van der Waals surface area contributed by atoms with Gasteiger partial charge in [0.25, 0.3) is 0 Å². The summed E-state index contributed by atoms with van der Waals surface area (Å²) in [5.41, 5.74) is 2.84. The van der Waals surface area contributed by atoms with Crippen LogP contribution < -0.4 is 10.2 Å². The van der Waals surface area contributed by atoms with E-state index in [-0.39, 0.29) is 5.41 Å². The molecule has 1 heterocycles. The zero-order valence-electron chi connectivity index (χ0n) is 14.0. The van der Waals surface area contributed by atoms with Crippen molar-refractivity contribution in [1.29, 1.82) is 0 Å². The fraction of sp³-hybridized carbons (Fsp3) is 0.667. The Morgan fingerprint density at radius 1 is 1.29 bits per heavy atom. The fourth-order valence-corrected chi connectivity index (χ4v) is 2.99. The van der Waals surface area contributed by atoms with Crippen LogP contribution in [0.2, 0.25) is 0 Å². The van der Waals surface area contributed by atoms with Gasteiger partial charge in [0.15, 0.2) is 0 Å². The van der Waals surface area contributed by atoms with Gasteiger partial charge in [0, 0.05) is 37.8 Å². The molecule has 1 atom stereocenters. The number of rotatable bonds is 7. The van der Waals surface area contributed by atoms with E-state index >= 15 is 0 Å². The van der Waals surface area contributed by atoms with E-state index < -0.39 is 0 Å². The smallest absolute Gasteiger partial charge is 0.0552 e. The highest BCUT2D eigenvalue weighted by molar-refractivity contribution is 5.47. The van der Waals surface area contributed by atoms with Gasteiger partial charge in [-0.15, -0.1) is 0 Å². The van der Waals surface area contributed by atoms with Gasteiger partial charge in [-0.25, -0.2) is 0 Å².